The number of amides is 3. The Hall–Kier alpha value is -3.36. The van der Waals surface area contributed by atoms with Gasteiger partial charge in [-0.25, -0.2) is 25.2 Å². The van der Waals surface area contributed by atoms with Crippen LogP contribution in [0.25, 0.3) is 0 Å². The first-order valence-corrected chi connectivity index (χ1v) is 10.4. The van der Waals surface area contributed by atoms with Gasteiger partial charge >= 0.3 is 12.3 Å². The van der Waals surface area contributed by atoms with E-state index in [1.165, 1.54) is 18.3 Å². The first-order chi connectivity index (χ1) is 16.4. The summed E-state index contributed by atoms with van der Waals surface area (Å²) >= 11 is 17.9. The number of pyridine rings is 2. The average Bonchev–Trinajstić information content (AvgIpc) is 3.25. The number of carbonyl (C=O) groups is 3. The molecule has 0 radical (unpaired) electrons. The van der Waals surface area contributed by atoms with Gasteiger partial charge in [-0.2, -0.15) is 18.3 Å². The van der Waals surface area contributed by atoms with Crippen molar-refractivity contribution in [3.63, 3.8) is 0 Å². The van der Waals surface area contributed by atoms with Crippen LogP contribution >= 0.6 is 34.8 Å². The van der Waals surface area contributed by atoms with E-state index in [4.69, 9.17) is 34.8 Å². The van der Waals surface area contributed by atoms with Crippen molar-refractivity contribution in [1.82, 2.24) is 20.8 Å². The maximum atomic E-state index is 13.4. The van der Waals surface area contributed by atoms with Gasteiger partial charge in [0, 0.05) is 12.6 Å². The van der Waals surface area contributed by atoms with E-state index in [9.17, 15) is 27.6 Å². The van der Waals surface area contributed by atoms with Crippen LogP contribution in [-0.2, 0) is 9.53 Å². The van der Waals surface area contributed by atoms with Crippen LogP contribution in [0.3, 0.4) is 0 Å². The number of alkyl halides is 3. The zero-order valence-electron chi connectivity index (χ0n) is 17.3. The maximum absolute atomic E-state index is 13.4. The minimum atomic E-state index is -4.83. The molecule has 35 heavy (non-hydrogen) atoms. The lowest BCUT2D eigenvalue weighted by Gasteiger charge is -2.23. The third-order valence-electron chi connectivity index (χ3n) is 4.40. The fraction of sp³-hybridized carbons (Fsp3) is 0.222. The molecule has 2 aromatic heterocycles. The molecule has 0 aliphatic carbocycles. The highest BCUT2D eigenvalue weighted by atomic mass is 35.5. The number of nitrogens with one attached hydrogen (secondary N) is 3. The van der Waals surface area contributed by atoms with Crippen LogP contribution in [0.15, 0.2) is 29.5 Å². The van der Waals surface area contributed by atoms with Gasteiger partial charge < -0.3 is 10.1 Å². The summed E-state index contributed by atoms with van der Waals surface area (Å²) in [5.41, 5.74) is 1.89. The predicted octanol–water partition coefficient (Wildman–Crippen LogP) is 3.57. The summed E-state index contributed by atoms with van der Waals surface area (Å²) in [6.45, 7) is 0. The average molecular weight is 555 g/mol. The molecule has 3 N–H and O–H groups in total. The van der Waals surface area contributed by atoms with E-state index in [1.807, 2.05) is 10.9 Å². The Morgan fingerprint density at radius 2 is 1.91 bits per heavy atom. The number of hydrazine groups is 1. The Morgan fingerprint density at radius 1 is 1.20 bits per heavy atom. The molecule has 0 bridgehead atoms. The highest BCUT2D eigenvalue weighted by Gasteiger charge is 2.46. The van der Waals surface area contributed by atoms with Crippen LogP contribution in [0.5, 0.6) is 0 Å². The molecule has 1 aliphatic rings. The van der Waals surface area contributed by atoms with Gasteiger partial charge in [0.2, 0.25) is 5.91 Å². The third-order valence-corrected chi connectivity index (χ3v) is 5.16. The van der Waals surface area contributed by atoms with E-state index < -0.39 is 53.1 Å². The SMILES string of the molecule is COC(=O)NNC(=O)c1cc(Cl)nc(Cl)c1NC(=O)C1CC(C(F)(F)F)=NN1c1ncccc1Cl. The highest BCUT2D eigenvalue weighted by Crippen LogP contribution is 2.35. The number of hydrazone groups is 1. The Morgan fingerprint density at radius 3 is 2.54 bits per heavy atom. The molecule has 1 unspecified atom stereocenters. The molecule has 186 valence electrons. The van der Waals surface area contributed by atoms with Gasteiger partial charge in [0.1, 0.15) is 16.9 Å². The fourth-order valence-corrected chi connectivity index (χ4v) is 3.53. The van der Waals surface area contributed by atoms with Gasteiger partial charge in [0.05, 0.1) is 23.4 Å². The summed E-state index contributed by atoms with van der Waals surface area (Å²) in [6.07, 6.45) is -5.44. The molecule has 11 nitrogen and oxygen atoms in total. The minimum Gasteiger partial charge on any atom is -0.452 e. The molecule has 3 rings (SSSR count). The zero-order valence-corrected chi connectivity index (χ0v) is 19.6. The lowest BCUT2D eigenvalue weighted by molar-refractivity contribution is -0.117. The standard InChI is InChI=1S/C18H13Cl3F3N7O4/c1-35-17(34)29-28-15(32)7-5-11(20)26-13(21)12(7)27-16(33)9-6-10(18(22,23)24)30-31(9)14-8(19)3-2-4-25-14/h2-5,9H,6H2,1H3,(H,27,33)(H,28,32)(H,29,34). The lowest BCUT2D eigenvalue weighted by Crippen LogP contribution is -2.42. The molecular weight excluding hydrogens is 542 g/mol. The van der Waals surface area contributed by atoms with E-state index in [1.54, 1.807) is 0 Å². The van der Waals surface area contributed by atoms with Crippen LogP contribution in [-0.4, -0.2) is 52.9 Å². The number of nitrogens with zero attached hydrogens (tertiary/aromatic N) is 4. The van der Waals surface area contributed by atoms with Crippen LogP contribution in [0.4, 0.5) is 29.5 Å². The topological polar surface area (TPSA) is 138 Å². The summed E-state index contributed by atoms with van der Waals surface area (Å²) in [5.74, 6) is -2.25. The highest BCUT2D eigenvalue weighted by molar-refractivity contribution is 6.36. The summed E-state index contributed by atoms with van der Waals surface area (Å²) in [4.78, 5) is 44.5. The van der Waals surface area contributed by atoms with Crippen molar-refractivity contribution < 1.29 is 32.3 Å². The Kier molecular flexibility index (Phi) is 7.87. The van der Waals surface area contributed by atoms with Crippen molar-refractivity contribution in [2.45, 2.75) is 18.6 Å². The van der Waals surface area contributed by atoms with Crippen molar-refractivity contribution in [3.05, 3.63) is 45.3 Å². The summed E-state index contributed by atoms with van der Waals surface area (Å²) in [6, 6.07) is 2.24. The Labute approximate surface area is 209 Å². The molecule has 3 amide bonds. The molecular formula is C18H13Cl3F3N7O4. The van der Waals surface area contributed by atoms with Gasteiger partial charge in [0.25, 0.3) is 5.91 Å². The van der Waals surface area contributed by atoms with Crippen LogP contribution < -0.4 is 21.2 Å². The summed E-state index contributed by atoms with van der Waals surface area (Å²) in [7, 11) is 1.05. The number of carbonyl (C=O) groups excluding carboxylic acids is 3. The minimum absolute atomic E-state index is 0.0578. The van der Waals surface area contributed by atoms with Crippen molar-refractivity contribution in [3.8, 4) is 0 Å². The fourth-order valence-electron chi connectivity index (χ4n) is 2.84. The third kappa shape index (κ3) is 6.01. The monoisotopic (exact) mass is 553 g/mol. The van der Waals surface area contributed by atoms with Gasteiger partial charge in [-0.15, -0.1) is 0 Å². The number of rotatable bonds is 4. The van der Waals surface area contributed by atoms with Gasteiger partial charge in [-0.1, -0.05) is 34.8 Å². The number of methoxy groups -OCH3 is 1. The molecule has 3 heterocycles. The van der Waals surface area contributed by atoms with Crippen LogP contribution in [0, 0.1) is 0 Å². The van der Waals surface area contributed by atoms with Gasteiger partial charge in [-0.3, -0.25) is 15.0 Å². The molecule has 0 fully saturated rings. The second kappa shape index (κ2) is 10.5. The number of hydrogen-bond donors (Lipinski definition) is 3. The van der Waals surface area contributed by atoms with Gasteiger partial charge in [0.15, 0.2) is 11.0 Å². The first-order valence-electron chi connectivity index (χ1n) is 9.28. The van der Waals surface area contributed by atoms with E-state index >= 15 is 0 Å². The largest absolute Gasteiger partial charge is 0.452 e. The molecule has 2 aromatic rings. The molecule has 17 heteroatoms. The van der Waals surface area contributed by atoms with Crippen LogP contribution in [0.1, 0.15) is 16.8 Å². The number of aromatic nitrogens is 2. The van der Waals surface area contributed by atoms with Crippen molar-refractivity contribution in [2.75, 3.05) is 17.4 Å². The zero-order chi connectivity index (χ0) is 25.9. The molecule has 0 aromatic carbocycles. The number of halogens is 6. The van der Waals surface area contributed by atoms with E-state index in [0.717, 1.165) is 18.2 Å². The quantitative estimate of drug-likeness (QED) is 0.388. The van der Waals surface area contributed by atoms with E-state index in [2.05, 4.69) is 25.1 Å². The molecule has 1 atom stereocenters. The van der Waals surface area contributed by atoms with Crippen molar-refractivity contribution in [1.29, 1.82) is 0 Å². The number of hydrogen-bond acceptors (Lipinski definition) is 8. The number of anilines is 2. The summed E-state index contributed by atoms with van der Waals surface area (Å²) < 4.78 is 44.5. The Balaban J connectivity index is 1.94. The Bertz CT molecular complexity index is 1210. The van der Waals surface area contributed by atoms with E-state index in [-0.39, 0.29) is 21.6 Å². The normalized spacial score (nSPS) is 15.3. The van der Waals surface area contributed by atoms with Crippen molar-refractivity contribution in [2.24, 2.45) is 5.10 Å². The number of ether oxygens (including phenoxy) is 1. The van der Waals surface area contributed by atoms with Gasteiger partial charge in [-0.05, 0) is 18.2 Å². The molecule has 0 saturated heterocycles. The van der Waals surface area contributed by atoms with Crippen LogP contribution in [0.2, 0.25) is 15.3 Å². The summed E-state index contributed by atoms with van der Waals surface area (Å²) in [5, 5.41) is 5.73. The van der Waals surface area contributed by atoms with Crippen molar-refractivity contribution >= 4 is 69.9 Å². The lowest BCUT2D eigenvalue weighted by atomic mass is 10.1. The smallest absolute Gasteiger partial charge is 0.431 e. The first kappa shape index (κ1) is 26.2. The molecule has 0 spiro atoms. The second-order valence-electron chi connectivity index (χ2n) is 6.64. The van der Waals surface area contributed by atoms with E-state index in [0.29, 0.717) is 0 Å². The predicted molar refractivity (Wildman–Crippen MR) is 120 cm³/mol. The maximum Gasteiger partial charge on any atom is 0.431 e. The molecule has 1 aliphatic heterocycles. The molecule has 0 saturated carbocycles. The second-order valence-corrected chi connectivity index (χ2v) is 7.79.